The first-order valence-corrected chi connectivity index (χ1v) is 9.62. The number of para-hydroxylation sites is 1. The molecule has 0 radical (unpaired) electrons. The highest BCUT2D eigenvalue weighted by atomic mass is 15.3. The Labute approximate surface area is 165 Å². The largest absolute Gasteiger partial charge is 0.357 e. The minimum Gasteiger partial charge on any atom is -0.357 e. The summed E-state index contributed by atoms with van der Waals surface area (Å²) in [5, 5.41) is 19.4. The van der Waals surface area contributed by atoms with Crippen LogP contribution in [0.1, 0.15) is 36.6 Å². The second-order valence-electron chi connectivity index (χ2n) is 6.55. The van der Waals surface area contributed by atoms with Crippen molar-refractivity contribution in [3.05, 3.63) is 59.4 Å². The third kappa shape index (κ3) is 4.57. The molecule has 3 rings (SSSR count). The second kappa shape index (κ2) is 9.16. The van der Waals surface area contributed by atoms with E-state index in [9.17, 15) is 0 Å². The number of rotatable bonds is 7. The number of aliphatic imine (C=N–C) groups is 1. The number of aromatic nitrogens is 5. The van der Waals surface area contributed by atoms with Crippen molar-refractivity contribution < 1.29 is 0 Å². The van der Waals surface area contributed by atoms with Crippen LogP contribution in [0.25, 0.3) is 5.69 Å². The van der Waals surface area contributed by atoms with Crippen LogP contribution in [-0.2, 0) is 19.6 Å². The smallest absolute Gasteiger partial charge is 0.191 e. The molecular formula is C20H28N8. The Hall–Kier alpha value is -3.16. The fourth-order valence-corrected chi connectivity index (χ4v) is 3.07. The van der Waals surface area contributed by atoms with Gasteiger partial charge in [0, 0.05) is 18.8 Å². The molecule has 0 bridgehead atoms. The molecule has 0 spiro atoms. The standard InChI is InChI=1S/C20H28N8/c1-5-21-20(23-13-19-25-24-14-27(19)6-2)22-12-17-9-7-8-10-18(17)28-16(4)11-15(3)26-28/h7-11,14H,5-6,12-13H2,1-4H3,(H2,21,22,23). The zero-order valence-corrected chi connectivity index (χ0v) is 17.0. The normalized spacial score (nSPS) is 11.6. The Kier molecular flexibility index (Phi) is 6.41. The molecule has 8 nitrogen and oxygen atoms in total. The summed E-state index contributed by atoms with van der Waals surface area (Å²) >= 11 is 0. The first kappa shape index (κ1) is 19.6. The van der Waals surface area contributed by atoms with Crippen LogP contribution in [-0.4, -0.2) is 37.0 Å². The van der Waals surface area contributed by atoms with Gasteiger partial charge >= 0.3 is 0 Å². The van der Waals surface area contributed by atoms with Crippen LogP contribution >= 0.6 is 0 Å². The van der Waals surface area contributed by atoms with Gasteiger partial charge in [-0.1, -0.05) is 18.2 Å². The van der Waals surface area contributed by atoms with Gasteiger partial charge < -0.3 is 15.2 Å². The molecule has 0 aliphatic carbocycles. The van der Waals surface area contributed by atoms with E-state index in [2.05, 4.69) is 64.9 Å². The Bertz CT molecular complexity index is 937. The lowest BCUT2D eigenvalue weighted by Gasteiger charge is -2.13. The number of aryl methyl sites for hydroxylation is 3. The lowest BCUT2D eigenvalue weighted by Crippen LogP contribution is -2.37. The van der Waals surface area contributed by atoms with Crippen LogP contribution in [0.5, 0.6) is 0 Å². The zero-order chi connectivity index (χ0) is 19.9. The molecule has 2 N–H and O–H groups in total. The fourth-order valence-electron chi connectivity index (χ4n) is 3.07. The van der Waals surface area contributed by atoms with Crippen LogP contribution < -0.4 is 10.6 Å². The van der Waals surface area contributed by atoms with Crippen molar-refractivity contribution in [3.8, 4) is 5.69 Å². The maximum absolute atomic E-state index is 4.76. The van der Waals surface area contributed by atoms with Crippen molar-refractivity contribution >= 4 is 5.96 Å². The molecule has 148 valence electrons. The van der Waals surface area contributed by atoms with Crippen molar-refractivity contribution in [1.82, 2.24) is 35.2 Å². The van der Waals surface area contributed by atoms with Gasteiger partial charge in [0.25, 0.3) is 0 Å². The van der Waals surface area contributed by atoms with Crippen molar-refractivity contribution in [1.29, 1.82) is 0 Å². The van der Waals surface area contributed by atoms with E-state index in [1.54, 1.807) is 6.33 Å². The van der Waals surface area contributed by atoms with Crippen molar-refractivity contribution in [2.45, 2.75) is 47.3 Å². The van der Waals surface area contributed by atoms with Crippen LogP contribution in [0.15, 0.2) is 41.7 Å². The molecule has 3 aromatic rings. The Morgan fingerprint density at radius 1 is 1.14 bits per heavy atom. The molecule has 0 amide bonds. The monoisotopic (exact) mass is 380 g/mol. The summed E-state index contributed by atoms with van der Waals surface area (Å²) in [6.07, 6.45) is 1.74. The molecular weight excluding hydrogens is 352 g/mol. The maximum Gasteiger partial charge on any atom is 0.191 e. The zero-order valence-electron chi connectivity index (χ0n) is 17.0. The molecule has 1 aromatic carbocycles. The minimum absolute atomic E-state index is 0.546. The number of nitrogens with one attached hydrogen (secondary N) is 2. The van der Waals surface area contributed by atoms with Gasteiger partial charge in [-0.3, -0.25) is 0 Å². The summed E-state index contributed by atoms with van der Waals surface area (Å²) < 4.78 is 3.99. The number of benzene rings is 1. The van der Waals surface area contributed by atoms with Gasteiger partial charge in [-0.2, -0.15) is 5.10 Å². The first-order chi connectivity index (χ1) is 13.6. The summed E-state index contributed by atoms with van der Waals surface area (Å²) in [5.41, 5.74) is 4.28. The third-order valence-corrected chi connectivity index (χ3v) is 4.43. The minimum atomic E-state index is 0.546. The predicted octanol–water partition coefficient (Wildman–Crippen LogP) is 2.36. The molecule has 0 fully saturated rings. The third-order valence-electron chi connectivity index (χ3n) is 4.43. The van der Waals surface area contributed by atoms with E-state index in [4.69, 9.17) is 4.99 Å². The van der Waals surface area contributed by atoms with Crippen LogP contribution in [0, 0.1) is 13.8 Å². The molecule has 0 saturated heterocycles. The van der Waals surface area contributed by atoms with Gasteiger partial charge in [0.05, 0.1) is 24.5 Å². The Morgan fingerprint density at radius 2 is 1.96 bits per heavy atom. The van der Waals surface area contributed by atoms with Crippen molar-refractivity contribution in [3.63, 3.8) is 0 Å². The van der Waals surface area contributed by atoms with E-state index in [0.717, 1.165) is 47.5 Å². The molecule has 2 heterocycles. The summed E-state index contributed by atoms with van der Waals surface area (Å²) in [6.45, 7) is 10.9. The van der Waals surface area contributed by atoms with E-state index < -0.39 is 0 Å². The van der Waals surface area contributed by atoms with Gasteiger partial charge in [-0.25, -0.2) is 9.67 Å². The summed E-state index contributed by atoms with van der Waals surface area (Å²) in [6, 6.07) is 10.3. The van der Waals surface area contributed by atoms with E-state index in [1.165, 1.54) is 0 Å². The molecule has 0 aliphatic rings. The van der Waals surface area contributed by atoms with E-state index >= 15 is 0 Å². The number of guanidine groups is 1. The molecule has 2 aromatic heterocycles. The number of hydrogen-bond acceptors (Lipinski definition) is 4. The average Bonchev–Trinajstić information content (AvgIpc) is 3.29. The van der Waals surface area contributed by atoms with E-state index in [0.29, 0.717) is 13.1 Å². The summed E-state index contributed by atoms with van der Waals surface area (Å²) in [4.78, 5) is 4.76. The molecule has 0 aliphatic heterocycles. The second-order valence-corrected chi connectivity index (χ2v) is 6.55. The number of hydrogen-bond donors (Lipinski definition) is 2. The highest BCUT2D eigenvalue weighted by Gasteiger charge is 2.09. The van der Waals surface area contributed by atoms with Crippen molar-refractivity contribution in [2.24, 2.45) is 4.99 Å². The van der Waals surface area contributed by atoms with E-state index in [1.807, 2.05) is 28.3 Å². The van der Waals surface area contributed by atoms with Gasteiger partial charge in [0.1, 0.15) is 6.33 Å². The quantitative estimate of drug-likeness (QED) is 0.485. The highest BCUT2D eigenvalue weighted by molar-refractivity contribution is 5.79. The molecule has 0 atom stereocenters. The van der Waals surface area contributed by atoms with E-state index in [-0.39, 0.29) is 0 Å². The fraction of sp³-hybridized carbons (Fsp3) is 0.400. The summed E-state index contributed by atoms with van der Waals surface area (Å²) in [7, 11) is 0. The van der Waals surface area contributed by atoms with Gasteiger partial charge in [-0.15, -0.1) is 10.2 Å². The average molecular weight is 381 g/mol. The molecule has 28 heavy (non-hydrogen) atoms. The van der Waals surface area contributed by atoms with Gasteiger partial charge in [-0.05, 0) is 45.4 Å². The van der Waals surface area contributed by atoms with Crippen molar-refractivity contribution in [2.75, 3.05) is 6.54 Å². The van der Waals surface area contributed by atoms with Crippen LogP contribution in [0.3, 0.4) is 0 Å². The SMILES string of the molecule is CCNC(=NCc1ccccc1-n1nc(C)cc1C)NCc1nncn1CC. The predicted molar refractivity (Wildman–Crippen MR) is 110 cm³/mol. The van der Waals surface area contributed by atoms with Gasteiger partial charge in [0.2, 0.25) is 0 Å². The highest BCUT2D eigenvalue weighted by Crippen LogP contribution is 2.17. The molecule has 0 unspecified atom stereocenters. The number of nitrogens with zero attached hydrogens (tertiary/aromatic N) is 6. The van der Waals surface area contributed by atoms with Crippen LogP contribution in [0.4, 0.5) is 0 Å². The molecule has 8 heteroatoms. The summed E-state index contributed by atoms with van der Waals surface area (Å²) in [5.74, 6) is 1.63. The lowest BCUT2D eigenvalue weighted by molar-refractivity contribution is 0.670. The maximum atomic E-state index is 4.76. The Balaban J connectivity index is 1.77. The molecule has 0 saturated carbocycles. The topological polar surface area (TPSA) is 84.9 Å². The first-order valence-electron chi connectivity index (χ1n) is 9.62. The van der Waals surface area contributed by atoms with Crippen LogP contribution in [0.2, 0.25) is 0 Å². The lowest BCUT2D eigenvalue weighted by atomic mass is 10.2. The Morgan fingerprint density at radius 3 is 2.68 bits per heavy atom. The van der Waals surface area contributed by atoms with Gasteiger partial charge in [0.15, 0.2) is 11.8 Å².